The first-order valence-electron chi connectivity index (χ1n) is 5.90. The van der Waals surface area contributed by atoms with Crippen LogP contribution in [-0.2, 0) is 4.74 Å². The molecule has 1 unspecified atom stereocenters. The fourth-order valence-corrected chi connectivity index (χ4v) is 3.15. The van der Waals surface area contributed by atoms with Gasteiger partial charge in [0.15, 0.2) is 0 Å². The van der Waals surface area contributed by atoms with E-state index in [4.69, 9.17) is 4.74 Å². The van der Waals surface area contributed by atoms with Crippen LogP contribution < -0.4 is 0 Å². The van der Waals surface area contributed by atoms with Crippen LogP contribution in [-0.4, -0.2) is 35.7 Å². The van der Waals surface area contributed by atoms with E-state index in [0.29, 0.717) is 11.1 Å². The summed E-state index contributed by atoms with van der Waals surface area (Å²) in [6.07, 6.45) is 5.32. The van der Waals surface area contributed by atoms with Gasteiger partial charge in [-0.05, 0) is 46.6 Å². The van der Waals surface area contributed by atoms with Crippen molar-refractivity contribution in [3.8, 4) is 0 Å². The molecule has 0 amide bonds. The summed E-state index contributed by atoms with van der Waals surface area (Å²) in [6, 6.07) is 0. The molecule has 0 bridgehead atoms. The Bertz CT molecular complexity index is 201. The van der Waals surface area contributed by atoms with E-state index in [1.807, 2.05) is 0 Å². The highest BCUT2D eigenvalue weighted by atomic mass is 16.5. The fourth-order valence-electron chi connectivity index (χ4n) is 3.15. The van der Waals surface area contributed by atoms with E-state index in [2.05, 4.69) is 25.7 Å². The van der Waals surface area contributed by atoms with Crippen LogP contribution in [0.1, 0.15) is 46.5 Å². The molecular weight excluding hydrogens is 174 g/mol. The molecule has 2 aliphatic heterocycles. The van der Waals surface area contributed by atoms with Crippen LogP contribution >= 0.6 is 0 Å². The van der Waals surface area contributed by atoms with Gasteiger partial charge in [0.2, 0.25) is 0 Å². The van der Waals surface area contributed by atoms with E-state index in [1.165, 1.54) is 32.2 Å². The lowest BCUT2D eigenvalue weighted by atomic mass is 9.82. The minimum absolute atomic E-state index is 0.300. The molecule has 2 heterocycles. The van der Waals surface area contributed by atoms with Gasteiger partial charge in [0, 0.05) is 17.7 Å². The molecule has 2 heteroatoms. The number of nitrogens with zero attached hydrogens (tertiary/aromatic N) is 1. The van der Waals surface area contributed by atoms with E-state index in [0.717, 1.165) is 13.2 Å². The van der Waals surface area contributed by atoms with Crippen LogP contribution in [0.5, 0.6) is 0 Å². The van der Waals surface area contributed by atoms with Gasteiger partial charge in [0.1, 0.15) is 0 Å². The third-order valence-corrected chi connectivity index (χ3v) is 3.74. The Balaban J connectivity index is 2.19. The van der Waals surface area contributed by atoms with E-state index in [1.54, 1.807) is 0 Å². The highest BCUT2D eigenvalue weighted by Crippen LogP contribution is 2.39. The number of hydrogen-bond acceptors (Lipinski definition) is 2. The van der Waals surface area contributed by atoms with Crippen molar-refractivity contribution in [2.45, 2.75) is 57.5 Å². The third-order valence-electron chi connectivity index (χ3n) is 3.74. The molecule has 14 heavy (non-hydrogen) atoms. The van der Waals surface area contributed by atoms with Crippen LogP contribution in [0.2, 0.25) is 0 Å². The summed E-state index contributed by atoms with van der Waals surface area (Å²) >= 11 is 0. The zero-order chi connectivity index (χ0) is 10.2. The maximum absolute atomic E-state index is 5.62. The van der Waals surface area contributed by atoms with Crippen molar-refractivity contribution >= 4 is 0 Å². The predicted molar refractivity (Wildman–Crippen MR) is 58.5 cm³/mol. The summed E-state index contributed by atoms with van der Waals surface area (Å²) in [4.78, 5) is 2.69. The molecule has 1 spiro atoms. The lowest BCUT2D eigenvalue weighted by Gasteiger charge is -2.51. The summed E-state index contributed by atoms with van der Waals surface area (Å²) in [5, 5.41) is 0. The summed E-state index contributed by atoms with van der Waals surface area (Å²) in [5.41, 5.74) is 0.685. The molecule has 0 N–H and O–H groups in total. The molecule has 0 aliphatic carbocycles. The zero-order valence-corrected chi connectivity index (χ0v) is 9.81. The average molecular weight is 197 g/mol. The maximum Gasteiger partial charge on any atom is 0.0651 e. The van der Waals surface area contributed by atoms with E-state index in [-0.39, 0.29) is 0 Å². The van der Waals surface area contributed by atoms with Crippen molar-refractivity contribution in [2.75, 3.05) is 19.8 Å². The quantitative estimate of drug-likeness (QED) is 0.591. The van der Waals surface area contributed by atoms with Gasteiger partial charge in [-0.2, -0.15) is 0 Å². The highest BCUT2D eigenvalue weighted by molar-refractivity contribution is 5.00. The van der Waals surface area contributed by atoms with Crippen LogP contribution in [0.3, 0.4) is 0 Å². The Morgan fingerprint density at radius 1 is 1.14 bits per heavy atom. The molecule has 2 aliphatic rings. The second kappa shape index (κ2) is 3.49. The molecule has 2 nitrogen and oxygen atoms in total. The van der Waals surface area contributed by atoms with Gasteiger partial charge in [0.25, 0.3) is 0 Å². The first kappa shape index (κ1) is 10.4. The Hall–Kier alpha value is -0.0800. The van der Waals surface area contributed by atoms with Crippen molar-refractivity contribution in [1.82, 2.24) is 4.90 Å². The predicted octanol–water partition coefficient (Wildman–Crippen LogP) is 2.43. The van der Waals surface area contributed by atoms with Crippen molar-refractivity contribution in [1.29, 1.82) is 0 Å². The third kappa shape index (κ3) is 1.70. The fraction of sp³-hybridized carbons (Fsp3) is 1.00. The zero-order valence-electron chi connectivity index (χ0n) is 9.81. The average Bonchev–Trinajstić information content (AvgIpc) is 2.52. The molecule has 0 aromatic carbocycles. The second-order valence-corrected chi connectivity index (χ2v) is 5.81. The number of piperidine rings is 1. The minimum atomic E-state index is 0.300. The van der Waals surface area contributed by atoms with Crippen molar-refractivity contribution < 1.29 is 4.74 Å². The molecule has 82 valence electrons. The van der Waals surface area contributed by atoms with E-state index < -0.39 is 0 Å². The second-order valence-electron chi connectivity index (χ2n) is 5.81. The normalized spacial score (nSPS) is 35.4. The molecular formula is C12H23NO. The lowest BCUT2D eigenvalue weighted by molar-refractivity contribution is -0.0299. The van der Waals surface area contributed by atoms with Crippen LogP contribution in [0, 0.1) is 0 Å². The van der Waals surface area contributed by atoms with Crippen molar-refractivity contribution in [3.63, 3.8) is 0 Å². The number of likely N-dealkylation sites (tertiary alicyclic amines) is 1. The lowest BCUT2D eigenvalue weighted by Crippen LogP contribution is -2.59. The maximum atomic E-state index is 5.62. The highest BCUT2D eigenvalue weighted by Gasteiger charge is 2.45. The van der Waals surface area contributed by atoms with Gasteiger partial charge in [-0.3, -0.25) is 4.90 Å². The Labute approximate surface area is 87.6 Å². The number of hydrogen-bond donors (Lipinski definition) is 0. The largest absolute Gasteiger partial charge is 0.379 e. The number of rotatable bonds is 0. The molecule has 2 saturated heterocycles. The molecule has 0 radical (unpaired) electrons. The first-order chi connectivity index (χ1) is 6.55. The first-order valence-corrected chi connectivity index (χ1v) is 5.90. The van der Waals surface area contributed by atoms with Crippen LogP contribution in [0.15, 0.2) is 0 Å². The SMILES string of the molecule is CC(C)(C)N1CCCCC12CCOC2. The monoisotopic (exact) mass is 197 g/mol. The van der Waals surface area contributed by atoms with E-state index in [9.17, 15) is 0 Å². The van der Waals surface area contributed by atoms with Crippen LogP contribution in [0.4, 0.5) is 0 Å². The molecule has 2 rings (SSSR count). The smallest absolute Gasteiger partial charge is 0.0651 e. The van der Waals surface area contributed by atoms with Gasteiger partial charge in [0.05, 0.1) is 6.61 Å². The molecule has 0 aromatic rings. The van der Waals surface area contributed by atoms with Crippen molar-refractivity contribution in [3.05, 3.63) is 0 Å². The molecule has 0 aromatic heterocycles. The van der Waals surface area contributed by atoms with Gasteiger partial charge in [-0.1, -0.05) is 6.42 Å². The van der Waals surface area contributed by atoms with E-state index >= 15 is 0 Å². The summed E-state index contributed by atoms with van der Waals surface area (Å²) in [7, 11) is 0. The Morgan fingerprint density at radius 2 is 1.93 bits per heavy atom. The van der Waals surface area contributed by atoms with Gasteiger partial charge in [-0.15, -0.1) is 0 Å². The van der Waals surface area contributed by atoms with Crippen molar-refractivity contribution in [2.24, 2.45) is 0 Å². The summed E-state index contributed by atoms with van der Waals surface area (Å²) < 4.78 is 5.62. The van der Waals surface area contributed by atoms with Gasteiger partial charge < -0.3 is 4.74 Å². The Morgan fingerprint density at radius 3 is 2.50 bits per heavy atom. The Kier molecular flexibility index (Phi) is 2.61. The number of ether oxygens (including phenoxy) is 1. The van der Waals surface area contributed by atoms with Crippen LogP contribution in [0.25, 0.3) is 0 Å². The topological polar surface area (TPSA) is 12.5 Å². The van der Waals surface area contributed by atoms with Gasteiger partial charge >= 0.3 is 0 Å². The van der Waals surface area contributed by atoms with Gasteiger partial charge in [-0.25, -0.2) is 0 Å². The molecule has 0 saturated carbocycles. The minimum Gasteiger partial charge on any atom is -0.379 e. The standard InChI is InChI=1S/C12H23NO/c1-11(2,3)13-8-5-4-6-12(13)7-9-14-10-12/h4-10H2,1-3H3. The summed E-state index contributed by atoms with van der Waals surface area (Å²) in [6.45, 7) is 10.2. The molecule has 1 atom stereocenters. The summed E-state index contributed by atoms with van der Waals surface area (Å²) in [5.74, 6) is 0. The molecule has 2 fully saturated rings.